The minimum absolute atomic E-state index is 0.106. The van der Waals surface area contributed by atoms with Gasteiger partial charge in [-0.25, -0.2) is 0 Å². The van der Waals surface area contributed by atoms with Crippen molar-refractivity contribution in [2.45, 2.75) is 38.3 Å². The summed E-state index contributed by atoms with van der Waals surface area (Å²) in [5.41, 5.74) is 1.34. The molecule has 6 rings (SSSR count). The molecule has 0 saturated carbocycles. The fourth-order valence-electron chi connectivity index (χ4n) is 6.52. The summed E-state index contributed by atoms with van der Waals surface area (Å²) in [7, 11) is 1.61. The van der Waals surface area contributed by atoms with Crippen LogP contribution >= 0.6 is 11.6 Å². The Hall–Kier alpha value is -3.90. The summed E-state index contributed by atoms with van der Waals surface area (Å²) in [4.78, 5) is 45.3. The number of hydrogen-bond acceptors (Lipinski definition) is 5. The van der Waals surface area contributed by atoms with Crippen molar-refractivity contribution in [3.05, 3.63) is 94.5 Å². The van der Waals surface area contributed by atoms with Crippen molar-refractivity contribution in [3.63, 3.8) is 0 Å². The molecule has 0 bridgehead atoms. The van der Waals surface area contributed by atoms with E-state index in [9.17, 15) is 14.4 Å². The van der Waals surface area contributed by atoms with E-state index in [2.05, 4.69) is 5.32 Å². The molecule has 3 aliphatic rings. The summed E-state index contributed by atoms with van der Waals surface area (Å²) in [5.74, 6) is -0.958. The van der Waals surface area contributed by atoms with Crippen LogP contribution in [-0.4, -0.2) is 36.7 Å². The number of fused-ring (bicyclic) bond motifs is 6. The number of carbonyl (C=O) groups is 3. The molecule has 7 heteroatoms. The number of amides is 1. The lowest BCUT2D eigenvalue weighted by atomic mass is 9.63. The van der Waals surface area contributed by atoms with Gasteiger partial charge in [0.25, 0.3) is 0 Å². The SMILES string of the molecule is COc1ccc2c(c1)C=C[C@H]1N2[C@H](C(=O)C(C)(C)C)[C@@H](C(=O)c2ccc(Cl)cc2)[C@]12C(=O)Nc1ccccc12. The maximum atomic E-state index is 14.6. The summed E-state index contributed by atoms with van der Waals surface area (Å²) < 4.78 is 5.46. The highest BCUT2D eigenvalue weighted by atomic mass is 35.5. The molecule has 198 valence electrons. The maximum Gasteiger partial charge on any atom is 0.238 e. The van der Waals surface area contributed by atoms with Gasteiger partial charge in [0.05, 0.1) is 19.1 Å². The Balaban J connectivity index is 1.67. The quantitative estimate of drug-likeness (QED) is 0.415. The zero-order valence-corrected chi connectivity index (χ0v) is 23.0. The number of methoxy groups -OCH3 is 1. The molecule has 0 radical (unpaired) electrons. The number of nitrogens with zero attached hydrogens (tertiary/aromatic N) is 1. The number of Topliss-reactive ketones (excluding diaryl/α,β-unsaturated/α-hetero) is 2. The van der Waals surface area contributed by atoms with Crippen LogP contribution < -0.4 is 15.0 Å². The van der Waals surface area contributed by atoms with Crippen molar-refractivity contribution < 1.29 is 19.1 Å². The number of benzene rings is 3. The van der Waals surface area contributed by atoms with Gasteiger partial charge in [-0.2, -0.15) is 0 Å². The van der Waals surface area contributed by atoms with Crippen LogP contribution in [0, 0.1) is 11.3 Å². The van der Waals surface area contributed by atoms with E-state index in [0.29, 0.717) is 22.0 Å². The Kier molecular flexibility index (Phi) is 5.74. The molecule has 0 unspecified atom stereocenters. The monoisotopic (exact) mass is 540 g/mol. The van der Waals surface area contributed by atoms with Gasteiger partial charge in [0.15, 0.2) is 11.6 Å². The van der Waals surface area contributed by atoms with Crippen LogP contribution in [-0.2, 0) is 15.0 Å². The normalized spacial score (nSPS) is 24.7. The number of halogens is 1. The first kappa shape index (κ1) is 25.4. The predicted molar refractivity (Wildman–Crippen MR) is 153 cm³/mol. The fourth-order valence-corrected chi connectivity index (χ4v) is 6.65. The number of para-hydroxylation sites is 1. The predicted octanol–water partition coefficient (Wildman–Crippen LogP) is 5.94. The van der Waals surface area contributed by atoms with Gasteiger partial charge < -0.3 is 15.0 Å². The molecule has 3 aromatic rings. The summed E-state index contributed by atoms with van der Waals surface area (Å²) >= 11 is 6.15. The largest absolute Gasteiger partial charge is 0.497 e. The van der Waals surface area contributed by atoms with E-state index >= 15 is 0 Å². The summed E-state index contributed by atoms with van der Waals surface area (Å²) in [5, 5.41) is 3.55. The van der Waals surface area contributed by atoms with Crippen LogP contribution in [0.1, 0.15) is 42.3 Å². The first-order valence-corrected chi connectivity index (χ1v) is 13.4. The number of ketones is 2. The lowest BCUT2D eigenvalue weighted by molar-refractivity contribution is -0.128. The summed E-state index contributed by atoms with van der Waals surface area (Å²) in [6.07, 6.45) is 3.92. The third-order valence-corrected chi connectivity index (χ3v) is 8.51. The molecule has 6 nitrogen and oxygen atoms in total. The van der Waals surface area contributed by atoms with Gasteiger partial charge in [-0.3, -0.25) is 14.4 Å². The highest BCUT2D eigenvalue weighted by molar-refractivity contribution is 6.30. The van der Waals surface area contributed by atoms with E-state index in [4.69, 9.17) is 16.3 Å². The highest BCUT2D eigenvalue weighted by Crippen LogP contribution is 2.58. The van der Waals surface area contributed by atoms with Crippen LogP contribution in [0.25, 0.3) is 6.08 Å². The van der Waals surface area contributed by atoms with Gasteiger partial charge >= 0.3 is 0 Å². The van der Waals surface area contributed by atoms with Gasteiger partial charge in [0.1, 0.15) is 17.2 Å². The van der Waals surface area contributed by atoms with E-state index in [-0.39, 0.29) is 17.5 Å². The number of hydrogen-bond donors (Lipinski definition) is 1. The standard InChI is InChI=1S/C32H29ClN2O4/c1-31(2,3)29(37)27-26(28(36)18-9-12-20(33)13-10-18)32(22-7-5-6-8-23(22)34-30(32)38)25-16-11-19-17-21(39-4)14-15-24(19)35(25)27/h5-17,25-27H,1-4H3,(H,34,38)/t25-,26+,27+,32-/m1/s1. The molecular formula is C32H29ClN2O4. The Morgan fingerprint density at radius 2 is 1.74 bits per heavy atom. The molecule has 39 heavy (non-hydrogen) atoms. The number of anilines is 2. The van der Waals surface area contributed by atoms with E-state index in [1.807, 2.05) is 80.3 Å². The van der Waals surface area contributed by atoms with Gasteiger partial charge in [-0.05, 0) is 54.1 Å². The average molecular weight is 541 g/mol. The first-order valence-electron chi connectivity index (χ1n) is 13.0. The number of carbonyl (C=O) groups excluding carboxylic acids is 3. The molecule has 1 N–H and O–H groups in total. The second-order valence-electron chi connectivity index (χ2n) is 11.4. The minimum atomic E-state index is -1.33. The van der Waals surface area contributed by atoms with E-state index in [1.165, 1.54) is 0 Å². The molecule has 0 aromatic heterocycles. The molecule has 4 atom stereocenters. The van der Waals surface area contributed by atoms with Crippen molar-refractivity contribution in [1.29, 1.82) is 0 Å². The zero-order valence-electron chi connectivity index (χ0n) is 22.2. The Morgan fingerprint density at radius 1 is 1.03 bits per heavy atom. The number of rotatable bonds is 4. The Bertz CT molecular complexity index is 1560. The molecule has 3 heterocycles. The molecule has 1 fully saturated rings. The second-order valence-corrected chi connectivity index (χ2v) is 11.8. The van der Waals surface area contributed by atoms with Crippen LogP contribution in [0.5, 0.6) is 5.75 Å². The smallest absolute Gasteiger partial charge is 0.238 e. The van der Waals surface area contributed by atoms with Crippen LogP contribution in [0.3, 0.4) is 0 Å². The van der Waals surface area contributed by atoms with E-state index in [1.54, 1.807) is 31.4 Å². The lowest BCUT2D eigenvalue weighted by Crippen LogP contribution is -2.51. The van der Waals surface area contributed by atoms with Crippen LogP contribution in [0.2, 0.25) is 5.02 Å². The van der Waals surface area contributed by atoms with Gasteiger partial charge in [0, 0.05) is 32.9 Å². The van der Waals surface area contributed by atoms with Crippen molar-refractivity contribution in [2.75, 3.05) is 17.3 Å². The maximum absolute atomic E-state index is 14.6. The average Bonchev–Trinajstić information content (AvgIpc) is 3.40. The van der Waals surface area contributed by atoms with Crippen molar-refractivity contribution in [2.24, 2.45) is 11.3 Å². The van der Waals surface area contributed by atoms with Gasteiger partial charge in [0.2, 0.25) is 5.91 Å². The highest BCUT2D eigenvalue weighted by Gasteiger charge is 2.70. The molecule has 3 aliphatic heterocycles. The third-order valence-electron chi connectivity index (χ3n) is 8.26. The van der Waals surface area contributed by atoms with Crippen molar-refractivity contribution >= 4 is 46.5 Å². The minimum Gasteiger partial charge on any atom is -0.497 e. The summed E-state index contributed by atoms with van der Waals surface area (Å²) in [6, 6.07) is 18.3. The second kappa shape index (κ2) is 8.82. The molecule has 3 aromatic carbocycles. The molecule has 1 saturated heterocycles. The third kappa shape index (κ3) is 3.58. The molecule has 0 aliphatic carbocycles. The first-order chi connectivity index (χ1) is 18.6. The molecule has 1 spiro atoms. The van der Waals surface area contributed by atoms with E-state index < -0.39 is 28.8 Å². The molecular weight excluding hydrogens is 512 g/mol. The van der Waals surface area contributed by atoms with E-state index in [0.717, 1.165) is 16.8 Å². The van der Waals surface area contributed by atoms with Crippen molar-refractivity contribution in [1.82, 2.24) is 0 Å². The van der Waals surface area contributed by atoms with Crippen LogP contribution in [0.15, 0.2) is 72.8 Å². The lowest BCUT2D eigenvalue weighted by Gasteiger charge is -2.38. The Labute approximate surface area is 232 Å². The van der Waals surface area contributed by atoms with Gasteiger partial charge in [-0.15, -0.1) is 0 Å². The topological polar surface area (TPSA) is 75.7 Å². The number of ether oxygens (including phenoxy) is 1. The Morgan fingerprint density at radius 3 is 2.44 bits per heavy atom. The fraction of sp³-hybridized carbons (Fsp3) is 0.281. The van der Waals surface area contributed by atoms with Gasteiger partial charge in [-0.1, -0.05) is 62.7 Å². The van der Waals surface area contributed by atoms with Crippen LogP contribution in [0.4, 0.5) is 11.4 Å². The summed E-state index contributed by atoms with van der Waals surface area (Å²) in [6.45, 7) is 5.57. The zero-order chi connectivity index (χ0) is 27.7. The van der Waals surface area contributed by atoms with Crippen molar-refractivity contribution in [3.8, 4) is 5.75 Å². The molecule has 1 amide bonds. The number of nitrogens with one attached hydrogen (secondary N) is 1.